The van der Waals surface area contributed by atoms with Crippen LogP contribution in [0.1, 0.15) is 72.2 Å². The van der Waals surface area contributed by atoms with E-state index >= 15 is 0 Å². The molecule has 7 nitrogen and oxygen atoms in total. The number of benzene rings is 2. The zero-order valence-electron chi connectivity index (χ0n) is 21.6. The van der Waals surface area contributed by atoms with Crippen LogP contribution in [0.3, 0.4) is 0 Å². The summed E-state index contributed by atoms with van der Waals surface area (Å²) in [7, 11) is 1.31. The molecule has 2 aromatic carbocycles. The van der Waals surface area contributed by atoms with Gasteiger partial charge in [0.05, 0.1) is 24.2 Å². The molecule has 2 fully saturated rings. The molecular weight excluding hydrogens is 492 g/mol. The van der Waals surface area contributed by atoms with E-state index in [-0.39, 0.29) is 23.8 Å². The van der Waals surface area contributed by atoms with E-state index in [4.69, 9.17) is 16.3 Å². The van der Waals surface area contributed by atoms with Crippen molar-refractivity contribution in [1.82, 2.24) is 10.2 Å². The van der Waals surface area contributed by atoms with Gasteiger partial charge in [-0.3, -0.25) is 9.59 Å². The van der Waals surface area contributed by atoms with Crippen molar-refractivity contribution in [3.05, 3.63) is 70.2 Å². The largest absolute Gasteiger partial charge is 0.465 e. The third kappa shape index (κ3) is 5.53. The highest BCUT2D eigenvalue weighted by atomic mass is 35.5. The van der Waals surface area contributed by atoms with Gasteiger partial charge < -0.3 is 20.1 Å². The maximum Gasteiger partial charge on any atom is 0.337 e. The summed E-state index contributed by atoms with van der Waals surface area (Å²) >= 11 is 6.05. The SMILES string of the molecule is COC(=O)c1ccc(C(=O)N[C@@H]2CCCC[C@@H]2C(=O)N2CC[C@](O)(c3ccc(Cl)cc3)C(C)(C)C2)cc1. The highest BCUT2D eigenvalue weighted by Crippen LogP contribution is 2.46. The maximum atomic E-state index is 13.7. The van der Waals surface area contributed by atoms with Gasteiger partial charge in [0, 0.05) is 35.1 Å². The molecule has 3 atom stereocenters. The number of ether oxygens (including phenoxy) is 1. The molecule has 1 aliphatic carbocycles. The van der Waals surface area contributed by atoms with Crippen LogP contribution < -0.4 is 5.32 Å². The Balaban J connectivity index is 1.45. The third-order valence-electron chi connectivity index (χ3n) is 8.05. The molecule has 0 unspecified atom stereocenters. The van der Waals surface area contributed by atoms with Gasteiger partial charge in [-0.05, 0) is 61.2 Å². The number of amides is 2. The van der Waals surface area contributed by atoms with Gasteiger partial charge in [-0.2, -0.15) is 0 Å². The molecule has 4 rings (SSSR count). The fraction of sp³-hybridized carbons (Fsp3) is 0.483. The number of halogens is 1. The third-order valence-corrected chi connectivity index (χ3v) is 8.30. The Bertz CT molecular complexity index is 1150. The number of nitrogens with zero attached hydrogens (tertiary/aromatic N) is 1. The summed E-state index contributed by atoms with van der Waals surface area (Å²) in [4.78, 5) is 40.2. The van der Waals surface area contributed by atoms with Crippen LogP contribution in [0.15, 0.2) is 48.5 Å². The average Bonchev–Trinajstić information content (AvgIpc) is 2.90. The first-order valence-corrected chi connectivity index (χ1v) is 13.2. The molecular formula is C29H35ClN2O5. The number of rotatable bonds is 5. The summed E-state index contributed by atoms with van der Waals surface area (Å²) < 4.78 is 4.71. The first-order valence-electron chi connectivity index (χ1n) is 12.8. The molecule has 2 N–H and O–H groups in total. The molecule has 0 radical (unpaired) electrons. The van der Waals surface area contributed by atoms with E-state index < -0.39 is 17.0 Å². The molecule has 8 heteroatoms. The summed E-state index contributed by atoms with van der Waals surface area (Å²) in [6.45, 7) is 4.82. The van der Waals surface area contributed by atoms with Gasteiger partial charge >= 0.3 is 5.97 Å². The van der Waals surface area contributed by atoms with Gasteiger partial charge in [-0.1, -0.05) is 50.4 Å². The summed E-state index contributed by atoms with van der Waals surface area (Å²) in [6.07, 6.45) is 3.74. The van der Waals surface area contributed by atoms with Crippen LogP contribution in [0.2, 0.25) is 5.02 Å². The van der Waals surface area contributed by atoms with Crippen LogP contribution in [0, 0.1) is 11.3 Å². The monoisotopic (exact) mass is 526 g/mol. The van der Waals surface area contributed by atoms with Crippen molar-refractivity contribution in [1.29, 1.82) is 0 Å². The number of esters is 1. The highest BCUT2D eigenvalue weighted by molar-refractivity contribution is 6.30. The minimum atomic E-state index is -1.08. The van der Waals surface area contributed by atoms with Crippen molar-refractivity contribution in [2.75, 3.05) is 20.2 Å². The lowest BCUT2D eigenvalue weighted by Crippen LogP contribution is -2.59. The number of methoxy groups -OCH3 is 1. The first kappa shape index (κ1) is 27.1. The zero-order valence-corrected chi connectivity index (χ0v) is 22.4. The van der Waals surface area contributed by atoms with Crippen molar-refractivity contribution in [3.63, 3.8) is 0 Å². The lowest BCUT2D eigenvalue weighted by molar-refractivity contribution is -0.158. The number of hydrogen-bond acceptors (Lipinski definition) is 5. The zero-order chi connectivity index (χ0) is 26.8. The van der Waals surface area contributed by atoms with Crippen molar-refractivity contribution < 1.29 is 24.2 Å². The Kier molecular flexibility index (Phi) is 7.95. The summed E-state index contributed by atoms with van der Waals surface area (Å²) in [5, 5.41) is 15.4. The first-order chi connectivity index (χ1) is 17.6. The smallest absolute Gasteiger partial charge is 0.337 e. The molecule has 2 amide bonds. The second kappa shape index (κ2) is 10.8. The number of nitrogens with one attached hydrogen (secondary N) is 1. The summed E-state index contributed by atoms with van der Waals surface area (Å²) in [5.74, 6) is -1.02. The second-order valence-corrected chi connectivity index (χ2v) is 11.2. The Morgan fingerprint density at radius 3 is 2.24 bits per heavy atom. The Morgan fingerprint density at radius 2 is 1.62 bits per heavy atom. The number of hydrogen-bond donors (Lipinski definition) is 2. The van der Waals surface area contributed by atoms with Crippen LogP contribution in [-0.2, 0) is 15.1 Å². The van der Waals surface area contributed by atoms with Crippen molar-refractivity contribution in [3.8, 4) is 0 Å². The number of carbonyl (C=O) groups is 3. The van der Waals surface area contributed by atoms with Crippen molar-refractivity contribution in [2.24, 2.45) is 11.3 Å². The molecule has 2 aromatic rings. The number of likely N-dealkylation sites (tertiary alicyclic amines) is 1. The van der Waals surface area contributed by atoms with E-state index in [2.05, 4.69) is 5.32 Å². The fourth-order valence-electron chi connectivity index (χ4n) is 5.73. The van der Waals surface area contributed by atoms with Gasteiger partial charge in [-0.15, -0.1) is 0 Å². The summed E-state index contributed by atoms with van der Waals surface area (Å²) in [6, 6.07) is 13.3. The van der Waals surface area contributed by atoms with E-state index in [9.17, 15) is 19.5 Å². The predicted octanol–water partition coefficient (Wildman–Crippen LogP) is 4.56. The van der Waals surface area contributed by atoms with Crippen molar-refractivity contribution in [2.45, 2.75) is 57.6 Å². The topological polar surface area (TPSA) is 95.9 Å². The van der Waals surface area contributed by atoms with Gasteiger partial charge in [0.25, 0.3) is 5.91 Å². The normalized spacial score (nSPS) is 25.3. The maximum absolute atomic E-state index is 13.7. The predicted molar refractivity (Wildman–Crippen MR) is 141 cm³/mol. The van der Waals surface area contributed by atoms with Gasteiger partial charge in [0.2, 0.25) is 5.91 Å². The van der Waals surface area contributed by atoms with Crippen molar-refractivity contribution >= 4 is 29.4 Å². The average molecular weight is 527 g/mol. The number of aliphatic hydroxyl groups is 1. The Labute approximate surface area is 223 Å². The minimum absolute atomic E-state index is 0.0253. The lowest BCUT2D eigenvalue weighted by atomic mass is 9.66. The van der Waals surface area contributed by atoms with E-state index in [0.29, 0.717) is 42.1 Å². The van der Waals surface area contributed by atoms with Crippen LogP contribution >= 0.6 is 11.6 Å². The quantitative estimate of drug-likeness (QED) is 0.557. The lowest BCUT2D eigenvalue weighted by Gasteiger charge is -2.51. The summed E-state index contributed by atoms with van der Waals surface area (Å²) in [5.41, 5.74) is -0.0586. The van der Waals surface area contributed by atoms with Crippen LogP contribution in [0.25, 0.3) is 0 Å². The van der Waals surface area contributed by atoms with E-state index in [1.807, 2.05) is 30.9 Å². The van der Waals surface area contributed by atoms with E-state index in [1.54, 1.807) is 36.4 Å². The minimum Gasteiger partial charge on any atom is -0.465 e. The highest BCUT2D eigenvalue weighted by Gasteiger charge is 2.50. The number of piperidine rings is 1. The Morgan fingerprint density at radius 1 is 1.00 bits per heavy atom. The molecule has 1 saturated heterocycles. The van der Waals surface area contributed by atoms with Crippen LogP contribution in [0.4, 0.5) is 0 Å². The molecule has 37 heavy (non-hydrogen) atoms. The second-order valence-electron chi connectivity index (χ2n) is 10.8. The molecule has 1 saturated carbocycles. The number of carbonyl (C=O) groups excluding carboxylic acids is 3. The molecule has 0 spiro atoms. The Hall–Kier alpha value is -2.90. The molecule has 0 aromatic heterocycles. The van der Waals surface area contributed by atoms with Crippen LogP contribution in [-0.4, -0.2) is 54.0 Å². The van der Waals surface area contributed by atoms with E-state index in [0.717, 1.165) is 24.8 Å². The fourth-order valence-corrected chi connectivity index (χ4v) is 5.86. The molecule has 0 bridgehead atoms. The van der Waals surface area contributed by atoms with Gasteiger partial charge in [0.1, 0.15) is 0 Å². The standard InChI is InChI=1S/C29H35ClN2O5/c1-28(2)18-32(17-16-29(28,36)21-12-14-22(30)15-13-21)26(34)23-6-4-5-7-24(23)31-25(33)19-8-10-20(11-9-19)27(35)37-3/h8-15,23-24,36H,4-7,16-18H2,1-3H3,(H,31,33)/t23-,24+,29-/m0/s1. The molecule has 1 aliphatic heterocycles. The molecule has 198 valence electrons. The van der Waals surface area contributed by atoms with E-state index in [1.165, 1.54) is 7.11 Å². The van der Waals surface area contributed by atoms with Gasteiger partial charge in [0.15, 0.2) is 0 Å². The molecule has 1 heterocycles. The molecule has 2 aliphatic rings. The van der Waals surface area contributed by atoms with Gasteiger partial charge in [-0.25, -0.2) is 4.79 Å². The van der Waals surface area contributed by atoms with Crippen LogP contribution in [0.5, 0.6) is 0 Å².